The summed E-state index contributed by atoms with van der Waals surface area (Å²) >= 11 is 0. The van der Waals surface area contributed by atoms with Crippen LogP contribution in [-0.2, 0) is 6.54 Å². The maximum atomic E-state index is 13.2. The first kappa shape index (κ1) is 17.5. The molecule has 0 saturated carbocycles. The van der Waals surface area contributed by atoms with Crippen LogP contribution in [0.25, 0.3) is 0 Å². The van der Waals surface area contributed by atoms with Crippen LogP contribution >= 0.6 is 0 Å². The van der Waals surface area contributed by atoms with Crippen LogP contribution in [0.15, 0.2) is 34.3 Å². The lowest BCUT2D eigenvalue weighted by molar-refractivity contribution is 0.0577. The van der Waals surface area contributed by atoms with Crippen LogP contribution in [0.2, 0.25) is 0 Å². The molecular formula is C18H19FN6O2. The Labute approximate surface area is 155 Å². The Morgan fingerprint density at radius 1 is 1.26 bits per heavy atom. The molecule has 0 fully saturated rings. The number of amides is 1. The molecule has 140 valence electrons. The number of carbonyl (C=O) groups excluding carboxylic acids is 1. The fraction of sp³-hybridized carbons (Fsp3) is 0.389. The lowest BCUT2D eigenvalue weighted by Gasteiger charge is -2.35. The number of aromatic nitrogens is 3. The molecule has 1 atom stereocenters. The molecule has 1 N–H and O–H groups in total. The van der Waals surface area contributed by atoms with Crippen LogP contribution in [-0.4, -0.2) is 61.9 Å². The van der Waals surface area contributed by atoms with Crippen molar-refractivity contribution in [1.82, 2.24) is 19.7 Å². The van der Waals surface area contributed by atoms with Gasteiger partial charge >= 0.3 is 0 Å². The van der Waals surface area contributed by atoms with Gasteiger partial charge in [0.25, 0.3) is 5.91 Å². The smallest absolute Gasteiger partial charge is 0.254 e. The van der Waals surface area contributed by atoms with Crippen molar-refractivity contribution in [1.29, 1.82) is 0 Å². The largest absolute Gasteiger partial charge is 0.396 e. The van der Waals surface area contributed by atoms with Crippen LogP contribution in [0.5, 0.6) is 0 Å². The van der Waals surface area contributed by atoms with Gasteiger partial charge in [0.05, 0.1) is 12.6 Å². The molecule has 0 saturated heterocycles. The lowest BCUT2D eigenvalue weighted by atomic mass is 10.1. The van der Waals surface area contributed by atoms with Gasteiger partial charge in [-0.1, -0.05) is 0 Å². The van der Waals surface area contributed by atoms with Crippen LogP contribution < -0.4 is 0 Å². The normalized spacial score (nSPS) is 18.9. The van der Waals surface area contributed by atoms with Crippen LogP contribution in [0.4, 0.5) is 4.39 Å². The van der Waals surface area contributed by atoms with Crippen LogP contribution in [0.1, 0.15) is 41.4 Å². The first-order valence-corrected chi connectivity index (χ1v) is 8.78. The predicted octanol–water partition coefficient (Wildman–Crippen LogP) is 1.22. The highest BCUT2D eigenvalue weighted by molar-refractivity contribution is 6.10. The highest BCUT2D eigenvalue weighted by Crippen LogP contribution is 2.29. The van der Waals surface area contributed by atoms with E-state index in [9.17, 15) is 14.3 Å². The van der Waals surface area contributed by atoms with E-state index in [-0.39, 0.29) is 12.5 Å². The molecule has 2 aliphatic rings. The van der Waals surface area contributed by atoms with Crippen molar-refractivity contribution in [3.63, 3.8) is 0 Å². The molecule has 8 nitrogen and oxygen atoms in total. The fourth-order valence-electron chi connectivity index (χ4n) is 3.48. The van der Waals surface area contributed by atoms with Crippen molar-refractivity contribution in [3.05, 3.63) is 47.3 Å². The number of hydrogen-bond acceptors (Lipinski definition) is 6. The minimum Gasteiger partial charge on any atom is -0.396 e. The molecule has 27 heavy (non-hydrogen) atoms. The summed E-state index contributed by atoms with van der Waals surface area (Å²) in [5.41, 5.74) is 1.16. The SMILES string of the molecule is CC1=NCC(c2nnc3n2CCN(C(=O)c2ccc(F)cc2)C3CCO)=N1. The fourth-order valence-corrected chi connectivity index (χ4v) is 3.48. The van der Waals surface area contributed by atoms with Crippen molar-refractivity contribution in [2.45, 2.75) is 25.9 Å². The molecular weight excluding hydrogens is 351 g/mol. The first-order valence-electron chi connectivity index (χ1n) is 8.78. The second kappa shape index (κ2) is 6.99. The van der Waals surface area contributed by atoms with Gasteiger partial charge in [-0.25, -0.2) is 9.38 Å². The highest BCUT2D eigenvalue weighted by atomic mass is 19.1. The van der Waals surface area contributed by atoms with Crippen LogP contribution in [0.3, 0.4) is 0 Å². The van der Waals surface area contributed by atoms with Gasteiger partial charge in [-0.2, -0.15) is 0 Å². The minimum absolute atomic E-state index is 0.0940. The number of amidine groups is 1. The van der Waals surface area contributed by atoms with E-state index >= 15 is 0 Å². The standard InChI is InChI=1S/C18H19FN6O2/c1-11-20-10-14(21-11)16-22-23-17-15(6-9-26)24(7-8-25(16)17)18(27)12-2-4-13(19)5-3-12/h2-5,15,26H,6-10H2,1H3. The number of carbonyl (C=O) groups is 1. The number of benzene rings is 1. The van der Waals surface area contributed by atoms with Gasteiger partial charge in [0.15, 0.2) is 11.6 Å². The molecule has 3 heterocycles. The molecule has 1 amide bonds. The number of aliphatic imine (C=N–C) groups is 2. The van der Waals surface area contributed by atoms with Crippen molar-refractivity contribution >= 4 is 17.5 Å². The van der Waals surface area contributed by atoms with Gasteiger partial charge in [-0.3, -0.25) is 9.79 Å². The third kappa shape index (κ3) is 3.14. The number of nitrogens with zero attached hydrogens (tertiary/aromatic N) is 6. The predicted molar refractivity (Wildman–Crippen MR) is 96.4 cm³/mol. The van der Waals surface area contributed by atoms with Gasteiger partial charge in [0.1, 0.15) is 17.4 Å². The van der Waals surface area contributed by atoms with Gasteiger partial charge in [-0.15, -0.1) is 10.2 Å². The summed E-state index contributed by atoms with van der Waals surface area (Å²) in [4.78, 5) is 23.3. The zero-order valence-electron chi connectivity index (χ0n) is 14.8. The van der Waals surface area contributed by atoms with E-state index in [1.165, 1.54) is 24.3 Å². The third-order valence-corrected chi connectivity index (χ3v) is 4.79. The van der Waals surface area contributed by atoms with Gasteiger partial charge in [0.2, 0.25) is 0 Å². The summed E-state index contributed by atoms with van der Waals surface area (Å²) in [6.07, 6.45) is 0.340. The summed E-state index contributed by atoms with van der Waals surface area (Å²) in [5.74, 6) is 1.37. The number of fused-ring (bicyclic) bond motifs is 1. The molecule has 2 aliphatic heterocycles. The topological polar surface area (TPSA) is 96.0 Å². The van der Waals surface area contributed by atoms with E-state index < -0.39 is 11.9 Å². The van der Waals surface area contributed by atoms with Crippen molar-refractivity contribution in [2.24, 2.45) is 9.98 Å². The zero-order chi connectivity index (χ0) is 19.0. The number of hydrogen-bond donors (Lipinski definition) is 1. The third-order valence-electron chi connectivity index (χ3n) is 4.79. The van der Waals surface area contributed by atoms with E-state index in [4.69, 9.17) is 0 Å². The molecule has 2 aromatic rings. The Morgan fingerprint density at radius 2 is 2.04 bits per heavy atom. The molecule has 1 unspecified atom stereocenters. The minimum atomic E-state index is -0.411. The monoisotopic (exact) mass is 370 g/mol. The molecule has 0 radical (unpaired) electrons. The lowest BCUT2D eigenvalue weighted by Crippen LogP contribution is -2.43. The molecule has 0 aliphatic carbocycles. The Hall–Kier alpha value is -2.94. The van der Waals surface area contributed by atoms with E-state index in [0.717, 1.165) is 5.71 Å². The Balaban J connectivity index is 1.66. The second-order valence-corrected chi connectivity index (χ2v) is 6.49. The van der Waals surface area contributed by atoms with Gasteiger partial charge in [-0.05, 0) is 37.6 Å². The van der Waals surface area contributed by atoms with E-state index in [1.807, 2.05) is 11.5 Å². The number of halogens is 1. The number of aliphatic hydroxyl groups is 1. The molecule has 0 bridgehead atoms. The van der Waals surface area contributed by atoms with Gasteiger partial charge in [0, 0.05) is 25.3 Å². The van der Waals surface area contributed by atoms with E-state index in [0.29, 0.717) is 49.1 Å². The van der Waals surface area contributed by atoms with Crippen molar-refractivity contribution in [2.75, 3.05) is 19.7 Å². The summed E-state index contributed by atoms with van der Waals surface area (Å²) < 4.78 is 15.1. The highest BCUT2D eigenvalue weighted by Gasteiger charge is 2.35. The summed E-state index contributed by atoms with van der Waals surface area (Å²) in [7, 11) is 0. The number of aliphatic hydroxyl groups excluding tert-OH is 1. The number of rotatable bonds is 4. The van der Waals surface area contributed by atoms with Crippen molar-refractivity contribution < 1.29 is 14.3 Å². The Bertz CT molecular complexity index is 934. The van der Waals surface area contributed by atoms with Crippen molar-refractivity contribution in [3.8, 4) is 0 Å². The summed E-state index contributed by atoms with van der Waals surface area (Å²) in [6.45, 7) is 3.16. The molecule has 9 heteroatoms. The summed E-state index contributed by atoms with van der Waals surface area (Å²) in [5, 5.41) is 18.1. The molecule has 1 aromatic heterocycles. The summed E-state index contributed by atoms with van der Waals surface area (Å²) in [6, 6.07) is 5.04. The van der Waals surface area contributed by atoms with E-state index in [1.54, 1.807) is 4.90 Å². The Kier molecular flexibility index (Phi) is 4.53. The molecule has 0 spiro atoms. The van der Waals surface area contributed by atoms with E-state index in [2.05, 4.69) is 20.2 Å². The quantitative estimate of drug-likeness (QED) is 0.875. The molecule has 4 rings (SSSR count). The average Bonchev–Trinajstić information content (AvgIpc) is 3.28. The molecule has 1 aromatic carbocycles. The van der Waals surface area contributed by atoms with Gasteiger partial charge < -0.3 is 14.6 Å². The maximum Gasteiger partial charge on any atom is 0.254 e. The first-order chi connectivity index (χ1) is 13.1. The average molecular weight is 370 g/mol. The maximum absolute atomic E-state index is 13.2. The Morgan fingerprint density at radius 3 is 2.70 bits per heavy atom. The zero-order valence-corrected chi connectivity index (χ0v) is 14.8. The van der Waals surface area contributed by atoms with Crippen LogP contribution in [0, 0.1) is 5.82 Å². The second-order valence-electron chi connectivity index (χ2n) is 6.49.